The lowest BCUT2D eigenvalue weighted by molar-refractivity contribution is 0.0780. The van der Waals surface area contributed by atoms with E-state index in [2.05, 4.69) is 20.9 Å². The highest BCUT2D eigenvalue weighted by Gasteiger charge is 2.18. The molecule has 104 valence electrons. The van der Waals surface area contributed by atoms with Gasteiger partial charge in [0, 0.05) is 13.2 Å². The fraction of sp³-hybridized carbons (Fsp3) is 0.200. The standard InChI is InChI=1S/C15H15BrN2O2/c1-10-7-12(14(19)13(16)8-10)15(20)18(2)9-11-5-3-4-6-17-11/h3-8,19H,9H2,1-2H3. The van der Waals surface area contributed by atoms with E-state index in [0.717, 1.165) is 11.3 Å². The van der Waals surface area contributed by atoms with Crippen molar-refractivity contribution < 1.29 is 9.90 Å². The first-order valence-corrected chi connectivity index (χ1v) is 6.93. The van der Waals surface area contributed by atoms with Crippen molar-refractivity contribution in [3.63, 3.8) is 0 Å². The molecule has 0 aliphatic heterocycles. The van der Waals surface area contributed by atoms with Crippen molar-refractivity contribution in [2.45, 2.75) is 13.5 Å². The molecule has 0 spiro atoms. The number of rotatable bonds is 3. The number of halogens is 1. The number of amides is 1. The monoisotopic (exact) mass is 334 g/mol. The van der Waals surface area contributed by atoms with Gasteiger partial charge in [-0.25, -0.2) is 0 Å². The number of pyridine rings is 1. The predicted octanol–water partition coefficient (Wildman–Crippen LogP) is 3.13. The molecule has 1 aromatic carbocycles. The number of aromatic nitrogens is 1. The average Bonchev–Trinajstić information content (AvgIpc) is 2.43. The summed E-state index contributed by atoms with van der Waals surface area (Å²) >= 11 is 3.25. The molecule has 0 saturated carbocycles. The largest absolute Gasteiger partial charge is 0.506 e. The van der Waals surface area contributed by atoms with Crippen molar-refractivity contribution in [2.75, 3.05) is 7.05 Å². The Kier molecular flexibility index (Phi) is 4.39. The van der Waals surface area contributed by atoms with Crippen LogP contribution >= 0.6 is 15.9 Å². The molecule has 5 heteroatoms. The molecule has 1 heterocycles. The van der Waals surface area contributed by atoms with E-state index in [-0.39, 0.29) is 17.2 Å². The first-order valence-electron chi connectivity index (χ1n) is 6.13. The van der Waals surface area contributed by atoms with Crippen LogP contribution < -0.4 is 0 Å². The maximum Gasteiger partial charge on any atom is 0.257 e. The number of carbonyl (C=O) groups excluding carboxylic acids is 1. The van der Waals surface area contributed by atoms with Gasteiger partial charge in [-0.3, -0.25) is 9.78 Å². The normalized spacial score (nSPS) is 10.3. The third-order valence-electron chi connectivity index (χ3n) is 2.91. The minimum Gasteiger partial charge on any atom is -0.506 e. The fourth-order valence-corrected chi connectivity index (χ4v) is 2.48. The number of hydrogen-bond acceptors (Lipinski definition) is 3. The minimum atomic E-state index is -0.238. The van der Waals surface area contributed by atoms with Crippen molar-refractivity contribution in [1.29, 1.82) is 0 Å². The summed E-state index contributed by atoms with van der Waals surface area (Å²) in [6.07, 6.45) is 1.69. The Morgan fingerprint density at radius 1 is 1.40 bits per heavy atom. The van der Waals surface area contributed by atoms with E-state index in [1.54, 1.807) is 25.4 Å². The third-order valence-corrected chi connectivity index (χ3v) is 3.51. The number of aromatic hydroxyl groups is 1. The second-order valence-electron chi connectivity index (χ2n) is 4.63. The van der Waals surface area contributed by atoms with Gasteiger partial charge in [0.1, 0.15) is 5.75 Å². The summed E-state index contributed by atoms with van der Waals surface area (Å²) in [6, 6.07) is 9.01. The molecule has 2 aromatic rings. The van der Waals surface area contributed by atoms with E-state index < -0.39 is 0 Å². The van der Waals surface area contributed by atoms with E-state index >= 15 is 0 Å². The lowest BCUT2D eigenvalue weighted by Gasteiger charge is -2.18. The Morgan fingerprint density at radius 3 is 2.80 bits per heavy atom. The van der Waals surface area contributed by atoms with Gasteiger partial charge in [0.2, 0.25) is 0 Å². The van der Waals surface area contributed by atoms with Gasteiger partial charge in [-0.2, -0.15) is 0 Å². The molecule has 0 fully saturated rings. The van der Waals surface area contributed by atoms with Gasteiger partial charge in [0.15, 0.2) is 0 Å². The van der Waals surface area contributed by atoms with Crippen LogP contribution in [0.15, 0.2) is 41.0 Å². The topological polar surface area (TPSA) is 53.4 Å². The average molecular weight is 335 g/mol. The lowest BCUT2D eigenvalue weighted by atomic mass is 10.1. The molecule has 0 aliphatic rings. The van der Waals surface area contributed by atoms with Crippen LogP contribution in [0.2, 0.25) is 0 Å². The highest BCUT2D eigenvalue weighted by molar-refractivity contribution is 9.10. The fourth-order valence-electron chi connectivity index (χ4n) is 1.91. The molecule has 1 aromatic heterocycles. The molecule has 1 N–H and O–H groups in total. The SMILES string of the molecule is Cc1cc(Br)c(O)c(C(=O)N(C)Cc2ccccn2)c1. The summed E-state index contributed by atoms with van der Waals surface area (Å²) in [5.41, 5.74) is 1.99. The highest BCUT2D eigenvalue weighted by Crippen LogP contribution is 2.30. The molecular weight excluding hydrogens is 320 g/mol. The quantitative estimate of drug-likeness (QED) is 0.938. The van der Waals surface area contributed by atoms with Crippen LogP contribution in [0.1, 0.15) is 21.6 Å². The van der Waals surface area contributed by atoms with Gasteiger partial charge in [-0.1, -0.05) is 6.07 Å². The number of phenolic OH excluding ortho intramolecular Hbond substituents is 1. The zero-order chi connectivity index (χ0) is 14.7. The van der Waals surface area contributed by atoms with Crippen LogP contribution in [-0.2, 0) is 6.54 Å². The second-order valence-corrected chi connectivity index (χ2v) is 5.48. The van der Waals surface area contributed by atoms with Crippen LogP contribution in [0.3, 0.4) is 0 Å². The second kappa shape index (κ2) is 6.05. The van der Waals surface area contributed by atoms with Gasteiger partial charge < -0.3 is 10.0 Å². The molecule has 0 bridgehead atoms. The van der Waals surface area contributed by atoms with Crippen molar-refractivity contribution in [1.82, 2.24) is 9.88 Å². The molecule has 4 nitrogen and oxygen atoms in total. The Hall–Kier alpha value is -1.88. The Labute approximate surface area is 126 Å². The molecule has 0 radical (unpaired) electrons. The van der Waals surface area contributed by atoms with Crippen LogP contribution in [0, 0.1) is 6.92 Å². The predicted molar refractivity (Wildman–Crippen MR) is 80.6 cm³/mol. The maximum atomic E-state index is 12.4. The van der Waals surface area contributed by atoms with E-state index in [4.69, 9.17) is 0 Å². The van der Waals surface area contributed by atoms with E-state index in [1.807, 2.05) is 25.1 Å². The van der Waals surface area contributed by atoms with Crippen molar-refractivity contribution in [2.24, 2.45) is 0 Å². The molecule has 1 amide bonds. The smallest absolute Gasteiger partial charge is 0.257 e. The van der Waals surface area contributed by atoms with Gasteiger partial charge in [0.25, 0.3) is 5.91 Å². The van der Waals surface area contributed by atoms with E-state index in [9.17, 15) is 9.90 Å². The zero-order valence-electron chi connectivity index (χ0n) is 11.3. The summed E-state index contributed by atoms with van der Waals surface area (Å²) < 4.78 is 0.520. The number of hydrogen-bond donors (Lipinski definition) is 1. The number of carbonyl (C=O) groups is 1. The summed E-state index contributed by atoms with van der Waals surface area (Å²) in [5, 5.41) is 10.00. The molecule has 0 aliphatic carbocycles. The maximum absolute atomic E-state index is 12.4. The van der Waals surface area contributed by atoms with Crippen LogP contribution in [0.25, 0.3) is 0 Å². The van der Waals surface area contributed by atoms with E-state index in [1.165, 1.54) is 4.90 Å². The van der Waals surface area contributed by atoms with Crippen molar-refractivity contribution in [3.05, 3.63) is 57.8 Å². The summed E-state index contributed by atoms with van der Waals surface area (Å²) in [6.45, 7) is 2.27. The Balaban J connectivity index is 2.23. The number of aryl methyl sites for hydroxylation is 1. The Bertz CT molecular complexity index is 629. The highest BCUT2D eigenvalue weighted by atomic mass is 79.9. The summed E-state index contributed by atoms with van der Waals surface area (Å²) in [7, 11) is 1.69. The molecular formula is C15H15BrN2O2. The third kappa shape index (κ3) is 3.17. The number of benzene rings is 1. The first kappa shape index (κ1) is 14.5. The lowest BCUT2D eigenvalue weighted by Crippen LogP contribution is -2.26. The summed E-state index contributed by atoms with van der Waals surface area (Å²) in [5.74, 6) is -0.272. The van der Waals surface area contributed by atoms with E-state index in [0.29, 0.717) is 11.0 Å². The molecule has 0 atom stereocenters. The molecule has 20 heavy (non-hydrogen) atoms. The van der Waals surface area contributed by atoms with Crippen LogP contribution in [0.4, 0.5) is 0 Å². The Morgan fingerprint density at radius 2 is 2.15 bits per heavy atom. The van der Waals surface area contributed by atoms with Gasteiger partial charge in [-0.05, 0) is 52.7 Å². The van der Waals surface area contributed by atoms with Crippen LogP contribution in [-0.4, -0.2) is 27.9 Å². The van der Waals surface area contributed by atoms with Crippen LogP contribution in [0.5, 0.6) is 5.75 Å². The number of nitrogens with zero attached hydrogens (tertiary/aromatic N) is 2. The van der Waals surface area contributed by atoms with Gasteiger partial charge in [-0.15, -0.1) is 0 Å². The molecule has 0 saturated heterocycles. The molecule has 2 rings (SSSR count). The van der Waals surface area contributed by atoms with Gasteiger partial charge >= 0.3 is 0 Å². The number of phenols is 1. The summed E-state index contributed by atoms with van der Waals surface area (Å²) in [4.78, 5) is 18.1. The van der Waals surface area contributed by atoms with Crippen molar-refractivity contribution in [3.8, 4) is 5.75 Å². The van der Waals surface area contributed by atoms with Crippen molar-refractivity contribution >= 4 is 21.8 Å². The van der Waals surface area contributed by atoms with Gasteiger partial charge in [0.05, 0.1) is 22.3 Å². The zero-order valence-corrected chi connectivity index (χ0v) is 12.9. The first-order chi connectivity index (χ1) is 9.49. The molecule has 0 unspecified atom stereocenters. The minimum absolute atomic E-state index is 0.0338.